The summed E-state index contributed by atoms with van der Waals surface area (Å²) >= 11 is 2.62. The van der Waals surface area contributed by atoms with Crippen LogP contribution in [-0.2, 0) is 4.79 Å². The van der Waals surface area contributed by atoms with Gasteiger partial charge < -0.3 is 5.11 Å². The Hall–Kier alpha value is -0.350. The van der Waals surface area contributed by atoms with Gasteiger partial charge in [-0.15, -0.1) is 11.8 Å². The van der Waals surface area contributed by atoms with E-state index in [9.17, 15) is 4.79 Å². The lowest BCUT2D eigenvalue weighted by Crippen LogP contribution is -1.95. The standard InChI is InChI=1S/C5H4O2S2/c6-5(7)4-3-8-1-2-9-4/h1-3H,(H,6,7). The van der Waals surface area contributed by atoms with Crippen molar-refractivity contribution in [3.8, 4) is 0 Å². The average Bonchev–Trinajstić information content (AvgIpc) is 1.90. The smallest absolute Gasteiger partial charge is 0.343 e. The van der Waals surface area contributed by atoms with Crippen LogP contribution in [0.1, 0.15) is 0 Å². The minimum atomic E-state index is -0.850. The fraction of sp³-hybridized carbons (Fsp3) is 0. The summed E-state index contributed by atoms with van der Waals surface area (Å²) in [4.78, 5) is 10.6. The third kappa shape index (κ3) is 1.80. The van der Waals surface area contributed by atoms with Gasteiger partial charge in [0.2, 0.25) is 0 Å². The van der Waals surface area contributed by atoms with Gasteiger partial charge in [-0.25, -0.2) is 4.79 Å². The first-order chi connectivity index (χ1) is 4.30. The van der Waals surface area contributed by atoms with Crippen LogP contribution in [0.5, 0.6) is 0 Å². The van der Waals surface area contributed by atoms with Crippen LogP contribution >= 0.6 is 23.5 Å². The molecule has 1 N–H and O–H groups in total. The molecule has 0 aliphatic carbocycles. The molecule has 1 rings (SSSR count). The van der Waals surface area contributed by atoms with Gasteiger partial charge in [0.1, 0.15) is 4.91 Å². The summed E-state index contributed by atoms with van der Waals surface area (Å²) in [5, 5.41) is 13.6. The molecular weight excluding hydrogens is 156 g/mol. The highest BCUT2D eigenvalue weighted by molar-refractivity contribution is 8.12. The maximum Gasteiger partial charge on any atom is 0.343 e. The van der Waals surface area contributed by atoms with E-state index in [1.807, 2.05) is 5.41 Å². The first kappa shape index (κ1) is 6.77. The number of carboxylic acid groups (broad SMARTS) is 1. The van der Waals surface area contributed by atoms with Crippen molar-refractivity contribution in [1.29, 1.82) is 0 Å². The van der Waals surface area contributed by atoms with Crippen molar-refractivity contribution in [2.24, 2.45) is 0 Å². The number of rotatable bonds is 1. The molecule has 0 atom stereocenters. The SMILES string of the molecule is O=C(O)C1=CSC=CS1. The van der Waals surface area contributed by atoms with Crippen LogP contribution in [0, 0.1) is 0 Å². The molecule has 1 aliphatic rings. The summed E-state index contributed by atoms with van der Waals surface area (Å²) in [6.07, 6.45) is 0. The maximum absolute atomic E-state index is 10.2. The van der Waals surface area contributed by atoms with Crippen LogP contribution in [0.2, 0.25) is 0 Å². The number of thioether (sulfide) groups is 2. The lowest BCUT2D eigenvalue weighted by molar-refractivity contribution is -0.131. The van der Waals surface area contributed by atoms with Crippen molar-refractivity contribution >= 4 is 29.5 Å². The normalized spacial score (nSPS) is 17.1. The second kappa shape index (κ2) is 2.98. The molecule has 0 saturated heterocycles. The predicted molar refractivity (Wildman–Crippen MR) is 40.0 cm³/mol. The molecule has 0 radical (unpaired) electrons. The third-order valence-electron chi connectivity index (χ3n) is 0.715. The Morgan fingerprint density at radius 3 is 2.67 bits per heavy atom. The Morgan fingerprint density at radius 1 is 1.56 bits per heavy atom. The molecule has 0 aromatic heterocycles. The summed E-state index contributed by atoms with van der Waals surface area (Å²) in [5.41, 5.74) is 0. The molecule has 0 aromatic carbocycles. The predicted octanol–water partition coefficient (Wildman–Crippen LogP) is 1.86. The number of hydrogen-bond acceptors (Lipinski definition) is 3. The Balaban J connectivity index is 2.61. The Kier molecular flexibility index (Phi) is 2.24. The summed E-state index contributed by atoms with van der Waals surface area (Å²) in [5.74, 6) is -0.850. The molecule has 0 spiro atoms. The molecule has 0 fully saturated rings. The van der Waals surface area contributed by atoms with Gasteiger partial charge in [0.15, 0.2) is 0 Å². The Labute approximate surface area is 61.0 Å². The second-order valence-corrected chi connectivity index (χ2v) is 3.04. The molecule has 48 valence electrons. The van der Waals surface area contributed by atoms with E-state index in [2.05, 4.69) is 0 Å². The van der Waals surface area contributed by atoms with Crippen LogP contribution in [0.3, 0.4) is 0 Å². The van der Waals surface area contributed by atoms with Crippen molar-refractivity contribution in [2.75, 3.05) is 0 Å². The minimum Gasteiger partial charge on any atom is -0.477 e. The first-order valence-corrected chi connectivity index (χ1v) is 4.03. The Morgan fingerprint density at radius 2 is 2.33 bits per heavy atom. The number of carboxylic acids is 1. The van der Waals surface area contributed by atoms with Crippen LogP contribution in [0.15, 0.2) is 21.1 Å². The molecule has 0 saturated carbocycles. The van der Waals surface area contributed by atoms with E-state index in [-0.39, 0.29) is 0 Å². The van der Waals surface area contributed by atoms with E-state index in [0.717, 1.165) is 0 Å². The van der Waals surface area contributed by atoms with Crippen molar-refractivity contribution < 1.29 is 9.90 Å². The Bertz CT molecular complexity index is 183. The van der Waals surface area contributed by atoms with Crippen molar-refractivity contribution in [3.63, 3.8) is 0 Å². The molecule has 0 bridgehead atoms. The van der Waals surface area contributed by atoms with Gasteiger partial charge in [0.05, 0.1) is 0 Å². The second-order valence-electron chi connectivity index (χ2n) is 1.31. The van der Waals surface area contributed by atoms with Gasteiger partial charge in [-0.1, -0.05) is 11.8 Å². The first-order valence-electron chi connectivity index (χ1n) is 2.21. The zero-order valence-corrected chi connectivity index (χ0v) is 6.04. The monoisotopic (exact) mass is 160 g/mol. The topological polar surface area (TPSA) is 37.3 Å². The van der Waals surface area contributed by atoms with Crippen molar-refractivity contribution in [2.45, 2.75) is 0 Å². The zero-order chi connectivity index (χ0) is 6.69. The van der Waals surface area contributed by atoms with Gasteiger partial charge in [-0.3, -0.25) is 0 Å². The largest absolute Gasteiger partial charge is 0.477 e. The van der Waals surface area contributed by atoms with Crippen LogP contribution < -0.4 is 0 Å². The van der Waals surface area contributed by atoms with E-state index in [1.54, 1.807) is 10.8 Å². The van der Waals surface area contributed by atoms with E-state index < -0.39 is 5.97 Å². The average molecular weight is 160 g/mol. The van der Waals surface area contributed by atoms with E-state index in [0.29, 0.717) is 4.91 Å². The van der Waals surface area contributed by atoms with Gasteiger partial charge in [0.25, 0.3) is 0 Å². The highest BCUT2D eigenvalue weighted by Gasteiger charge is 2.06. The van der Waals surface area contributed by atoms with Crippen LogP contribution in [0.4, 0.5) is 0 Å². The van der Waals surface area contributed by atoms with Crippen molar-refractivity contribution in [3.05, 3.63) is 21.1 Å². The number of carbonyl (C=O) groups is 1. The molecule has 2 nitrogen and oxygen atoms in total. The minimum absolute atomic E-state index is 0.391. The van der Waals surface area contributed by atoms with E-state index in [1.165, 1.54) is 23.5 Å². The fourth-order valence-electron chi connectivity index (χ4n) is 0.363. The molecule has 0 unspecified atom stereocenters. The summed E-state index contributed by atoms with van der Waals surface area (Å²) in [7, 11) is 0. The fourth-order valence-corrected chi connectivity index (χ4v) is 1.78. The molecule has 1 aliphatic heterocycles. The highest BCUT2D eigenvalue weighted by atomic mass is 32.2. The number of aliphatic carboxylic acids is 1. The molecule has 0 amide bonds. The van der Waals surface area contributed by atoms with E-state index in [4.69, 9.17) is 5.11 Å². The molecule has 9 heavy (non-hydrogen) atoms. The van der Waals surface area contributed by atoms with Crippen molar-refractivity contribution in [1.82, 2.24) is 0 Å². The maximum atomic E-state index is 10.2. The van der Waals surface area contributed by atoms with Crippen LogP contribution in [-0.4, -0.2) is 11.1 Å². The number of hydrogen-bond donors (Lipinski definition) is 1. The molecule has 4 heteroatoms. The van der Waals surface area contributed by atoms with Gasteiger partial charge in [-0.2, -0.15) is 0 Å². The van der Waals surface area contributed by atoms with Gasteiger partial charge >= 0.3 is 5.97 Å². The highest BCUT2D eigenvalue weighted by Crippen LogP contribution is 2.27. The third-order valence-corrected chi connectivity index (χ3v) is 2.52. The molecule has 0 aromatic rings. The quantitative estimate of drug-likeness (QED) is 0.635. The summed E-state index contributed by atoms with van der Waals surface area (Å²) in [6, 6.07) is 0. The van der Waals surface area contributed by atoms with E-state index >= 15 is 0 Å². The molecular formula is C5H4O2S2. The summed E-state index contributed by atoms with van der Waals surface area (Å²) < 4.78 is 0. The lowest BCUT2D eigenvalue weighted by atomic mass is 10.7. The lowest BCUT2D eigenvalue weighted by Gasteiger charge is -1.98. The zero-order valence-electron chi connectivity index (χ0n) is 4.40. The van der Waals surface area contributed by atoms with Crippen LogP contribution in [0.25, 0.3) is 0 Å². The van der Waals surface area contributed by atoms with Gasteiger partial charge in [0, 0.05) is 0 Å². The van der Waals surface area contributed by atoms with Gasteiger partial charge in [-0.05, 0) is 16.2 Å². The summed E-state index contributed by atoms with van der Waals surface area (Å²) in [6.45, 7) is 0. The molecule has 1 heterocycles.